The Hall–Kier alpha value is -1.71. The number of carbonyl (C=O) groups is 1. The lowest BCUT2D eigenvalue weighted by atomic mass is 9.99. The van der Waals surface area contributed by atoms with E-state index in [-0.39, 0.29) is 5.91 Å². The van der Waals surface area contributed by atoms with E-state index in [1.807, 2.05) is 23.1 Å². The zero-order chi connectivity index (χ0) is 15.4. The molecule has 0 unspecified atom stereocenters. The van der Waals surface area contributed by atoms with Crippen LogP contribution in [0.5, 0.6) is 0 Å². The predicted molar refractivity (Wildman–Crippen MR) is 88.7 cm³/mol. The van der Waals surface area contributed by atoms with Gasteiger partial charge in [0.05, 0.1) is 5.56 Å². The summed E-state index contributed by atoms with van der Waals surface area (Å²) < 4.78 is 0. The molecule has 1 heterocycles. The highest BCUT2D eigenvalue weighted by Crippen LogP contribution is 2.26. The van der Waals surface area contributed by atoms with Gasteiger partial charge >= 0.3 is 0 Å². The monoisotopic (exact) mass is 289 g/mol. The van der Waals surface area contributed by atoms with Gasteiger partial charge < -0.3 is 15.5 Å². The summed E-state index contributed by atoms with van der Waals surface area (Å²) in [6, 6.07) is 5.68. The minimum atomic E-state index is 0.121. The molecular weight excluding hydrogens is 262 g/mol. The van der Waals surface area contributed by atoms with E-state index in [0.29, 0.717) is 11.6 Å². The zero-order valence-corrected chi connectivity index (χ0v) is 13.4. The number of hydrogen-bond acceptors (Lipinski definition) is 3. The first-order chi connectivity index (χ1) is 10.1. The summed E-state index contributed by atoms with van der Waals surface area (Å²) in [6.07, 6.45) is 2.30. The Kier molecular flexibility index (Phi) is 5.10. The number of nitrogens with zero attached hydrogens (tertiary/aromatic N) is 2. The van der Waals surface area contributed by atoms with Crippen LogP contribution in [0.4, 0.5) is 11.4 Å². The van der Waals surface area contributed by atoms with Gasteiger partial charge in [0, 0.05) is 37.6 Å². The Morgan fingerprint density at radius 3 is 2.71 bits per heavy atom. The number of hydrogen-bond donors (Lipinski definition) is 1. The van der Waals surface area contributed by atoms with Crippen LogP contribution in [0.2, 0.25) is 0 Å². The molecule has 21 heavy (non-hydrogen) atoms. The van der Waals surface area contributed by atoms with Gasteiger partial charge in [0.2, 0.25) is 0 Å². The van der Waals surface area contributed by atoms with Gasteiger partial charge in [-0.15, -0.1) is 0 Å². The van der Waals surface area contributed by atoms with Crippen molar-refractivity contribution in [1.82, 2.24) is 4.90 Å². The molecule has 1 aromatic carbocycles. The highest BCUT2D eigenvalue weighted by Gasteiger charge is 2.25. The van der Waals surface area contributed by atoms with E-state index < -0.39 is 0 Å². The lowest BCUT2D eigenvalue weighted by molar-refractivity contribution is 0.0683. The maximum atomic E-state index is 12.9. The Morgan fingerprint density at radius 1 is 1.38 bits per heavy atom. The van der Waals surface area contributed by atoms with Crippen molar-refractivity contribution in [3.05, 3.63) is 23.8 Å². The van der Waals surface area contributed by atoms with E-state index in [1.54, 1.807) is 0 Å². The van der Waals surface area contributed by atoms with E-state index in [2.05, 4.69) is 25.7 Å². The number of nitrogens with two attached hydrogens (primary N) is 1. The number of nitrogen functional groups attached to an aromatic ring is 1. The molecular formula is C17H27N3O. The molecule has 1 fully saturated rings. The topological polar surface area (TPSA) is 49.6 Å². The van der Waals surface area contributed by atoms with Crippen molar-refractivity contribution in [2.45, 2.75) is 33.6 Å². The standard InChI is InChI=1S/C17H27N3O/c1-4-19(5-2)16-9-8-14(18)11-15(16)17(21)20-10-6-7-13(3)12-20/h8-9,11,13H,4-7,10,12,18H2,1-3H3/t13-/m1/s1. The van der Waals surface area contributed by atoms with Crippen molar-refractivity contribution in [2.24, 2.45) is 5.92 Å². The number of rotatable bonds is 4. The molecule has 0 spiro atoms. The minimum Gasteiger partial charge on any atom is -0.399 e. The zero-order valence-electron chi connectivity index (χ0n) is 13.4. The van der Waals surface area contributed by atoms with Crippen LogP contribution in [0.1, 0.15) is 44.0 Å². The van der Waals surface area contributed by atoms with Crippen molar-refractivity contribution in [3.8, 4) is 0 Å². The molecule has 4 nitrogen and oxygen atoms in total. The van der Waals surface area contributed by atoms with Crippen molar-refractivity contribution >= 4 is 17.3 Å². The average Bonchev–Trinajstić information content (AvgIpc) is 2.49. The van der Waals surface area contributed by atoms with Crippen molar-refractivity contribution in [3.63, 3.8) is 0 Å². The largest absolute Gasteiger partial charge is 0.399 e. The average molecular weight is 289 g/mol. The molecule has 0 aromatic heterocycles. The molecule has 1 aliphatic rings. The maximum absolute atomic E-state index is 12.9. The Labute approximate surface area is 127 Å². The number of benzene rings is 1. The fraction of sp³-hybridized carbons (Fsp3) is 0.588. The molecule has 2 N–H and O–H groups in total. The van der Waals surface area contributed by atoms with Crippen LogP contribution in [0, 0.1) is 5.92 Å². The first kappa shape index (κ1) is 15.7. The second-order valence-electron chi connectivity index (χ2n) is 5.95. The van der Waals surface area contributed by atoms with E-state index in [4.69, 9.17) is 5.73 Å². The van der Waals surface area contributed by atoms with Crippen LogP contribution in [0.3, 0.4) is 0 Å². The van der Waals surface area contributed by atoms with Gasteiger partial charge in [-0.3, -0.25) is 4.79 Å². The summed E-state index contributed by atoms with van der Waals surface area (Å²) in [7, 11) is 0. The Bertz CT molecular complexity index is 497. The van der Waals surface area contributed by atoms with Gasteiger partial charge in [0.25, 0.3) is 5.91 Å². The molecule has 1 aromatic rings. The molecule has 1 saturated heterocycles. The fourth-order valence-corrected chi connectivity index (χ4v) is 3.11. The summed E-state index contributed by atoms with van der Waals surface area (Å²) >= 11 is 0. The molecule has 1 amide bonds. The molecule has 116 valence electrons. The molecule has 2 rings (SSSR count). The van der Waals surface area contributed by atoms with Gasteiger partial charge in [-0.1, -0.05) is 6.92 Å². The van der Waals surface area contributed by atoms with Crippen LogP contribution in [0.15, 0.2) is 18.2 Å². The van der Waals surface area contributed by atoms with E-state index >= 15 is 0 Å². The smallest absolute Gasteiger partial charge is 0.256 e. The highest BCUT2D eigenvalue weighted by atomic mass is 16.2. The lowest BCUT2D eigenvalue weighted by Crippen LogP contribution is -2.40. The number of piperidine rings is 1. The van der Waals surface area contributed by atoms with E-state index in [0.717, 1.165) is 43.9 Å². The predicted octanol–water partition coefficient (Wildman–Crippen LogP) is 2.99. The molecule has 1 atom stereocenters. The third kappa shape index (κ3) is 3.49. The first-order valence-corrected chi connectivity index (χ1v) is 8.00. The van der Waals surface area contributed by atoms with Crippen LogP contribution < -0.4 is 10.6 Å². The fourth-order valence-electron chi connectivity index (χ4n) is 3.11. The number of carbonyl (C=O) groups excluding carboxylic acids is 1. The molecule has 4 heteroatoms. The molecule has 0 radical (unpaired) electrons. The second-order valence-corrected chi connectivity index (χ2v) is 5.95. The summed E-state index contributed by atoms with van der Waals surface area (Å²) in [5.41, 5.74) is 8.31. The van der Waals surface area contributed by atoms with Crippen molar-refractivity contribution in [1.29, 1.82) is 0 Å². The number of likely N-dealkylation sites (tertiary alicyclic amines) is 1. The number of anilines is 2. The van der Waals surface area contributed by atoms with Gasteiger partial charge in [0.1, 0.15) is 0 Å². The van der Waals surface area contributed by atoms with Crippen LogP contribution in [0.25, 0.3) is 0 Å². The summed E-state index contributed by atoms with van der Waals surface area (Å²) in [4.78, 5) is 17.1. The Balaban J connectivity index is 2.32. The Morgan fingerprint density at radius 2 is 2.10 bits per heavy atom. The van der Waals surface area contributed by atoms with Crippen LogP contribution in [-0.4, -0.2) is 37.0 Å². The van der Waals surface area contributed by atoms with Crippen LogP contribution in [-0.2, 0) is 0 Å². The van der Waals surface area contributed by atoms with Gasteiger partial charge in [-0.2, -0.15) is 0 Å². The molecule has 1 aliphatic heterocycles. The minimum absolute atomic E-state index is 0.121. The number of amides is 1. The second kappa shape index (κ2) is 6.83. The summed E-state index contributed by atoms with van der Waals surface area (Å²) in [5.74, 6) is 0.705. The van der Waals surface area contributed by atoms with E-state index in [9.17, 15) is 4.79 Å². The van der Waals surface area contributed by atoms with Crippen molar-refractivity contribution < 1.29 is 4.79 Å². The summed E-state index contributed by atoms with van der Waals surface area (Å²) in [5, 5.41) is 0. The maximum Gasteiger partial charge on any atom is 0.256 e. The first-order valence-electron chi connectivity index (χ1n) is 8.00. The van der Waals surface area contributed by atoms with Gasteiger partial charge in [-0.05, 0) is 50.8 Å². The summed E-state index contributed by atoms with van der Waals surface area (Å²) in [6.45, 7) is 9.91. The highest BCUT2D eigenvalue weighted by molar-refractivity contribution is 6.00. The van der Waals surface area contributed by atoms with Crippen molar-refractivity contribution in [2.75, 3.05) is 36.8 Å². The third-order valence-corrected chi connectivity index (χ3v) is 4.30. The molecule has 0 bridgehead atoms. The third-order valence-electron chi connectivity index (χ3n) is 4.30. The quantitative estimate of drug-likeness (QED) is 0.867. The lowest BCUT2D eigenvalue weighted by Gasteiger charge is -2.32. The van der Waals surface area contributed by atoms with Crippen LogP contribution >= 0.6 is 0 Å². The molecule has 0 saturated carbocycles. The SMILES string of the molecule is CCN(CC)c1ccc(N)cc1C(=O)N1CCC[C@@H](C)C1. The van der Waals surface area contributed by atoms with E-state index in [1.165, 1.54) is 6.42 Å². The van der Waals surface area contributed by atoms with Gasteiger partial charge in [0.15, 0.2) is 0 Å². The molecule has 0 aliphatic carbocycles. The normalized spacial score (nSPS) is 18.6. The van der Waals surface area contributed by atoms with Gasteiger partial charge in [-0.25, -0.2) is 0 Å².